The molecule has 0 spiro atoms. The van der Waals surface area contributed by atoms with E-state index < -0.39 is 5.97 Å². The number of carboxylic acid groups (broad SMARTS) is 1. The van der Waals surface area contributed by atoms with Crippen LogP contribution < -0.4 is 4.90 Å². The van der Waals surface area contributed by atoms with Gasteiger partial charge in [0.05, 0.1) is 5.52 Å². The van der Waals surface area contributed by atoms with Crippen LogP contribution in [-0.2, 0) is 0 Å². The summed E-state index contributed by atoms with van der Waals surface area (Å²) in [5, 5.41) is 10.3. The van der Waals surface area contributed by atoms with E-state index in [0.717, 1.165) is 10.9 Å². The lowest BCUT2D eigenvalue weighted by Gasteiger charge is -2.27. The molecule has 1 unspecified atom stereocenters. The van der Waals surface area contributed by atoms with Crippen molar-refractivity contribution in [1.29, 1.82) is 0 Å². The standard InChI is InChI=1S/C16H18N2O2/c1-10(11-7-8-11)18(2)15-13(16(19)20)9-12-5-3-4-6-14(12)17-15/h3-6,9-11H,7-8H2,1-2H3,(H,19,20). The van der Waals surface area contributed by atoms with Gasteiger partial charge < -0.3 is 10.0 Å². The molecule has 1 aliphatic carbocycles. The fourth-order valence-electron chi connectivity index (χ4n) is 2.62. The van der Waals surface area contributed by atoms with Gasteiger partial charge in [0.1, 0.15) is 11.4 Å². The van der Waals surface area contributed by atoms with Gasteiger partial charge in [-0.25, -0.2) is 9.78 Å². The van der Waals surface area contributed by atoms with Gasteiger partial charge in [-0.3, -0.25) is 0 Å². The molecule has 1 fully saturated rings. The zero-order valence-electron chi connectivity index (χ0n) is 11.7. The molecule has 20 heavy (non-hydrogen) atoms. The van der Waals surface area contributed by atoms with E-state index in [9.17, 15) is 9.90 Å². The molecule has 0 saturated heterocycles. The summed E-state index contributed by atoms with van der Waals surface area (Å²) in [6.45, 7) is 2.14. The van der Waals surface area contributed by atoms with Crippen LogP contribution >= 0.6 is 0 Å². The van der Waals surface area contributed by atoms with Crippen LogP contribution in [0.25, 0.3) is 10.9 Å². The lowest BCUT2D eigenvalue weighted by molar-refractivity contribution is 0.0697. The van der Waals surface area contributed by atoms with Crippen molar-refractivity contribution in [2.45, 2.75) is 25.8 Å². The zero-order valence-corrected chi connectivity index (χ0v) is 11.7. The Morgan fingerprint density at radius 1 is 1.40 bits per heavy atom. The Hall–Kier alpha value is -2.10. The van der Waals surface area contributed by atoms with Gasteiger partial charge in [-0.15, -0.1) is 0 Å². The van der Waals surface area contributed by atoms with Crippen LogP contribution in [0.2, 0.25) is 0 Å². The first-order valence-electron chi connectivity index (χ1n) is 6.94. The van der Waals surface area contributed by atoms with Crippen molar-refractivity contribution < 1.29 is 9.90 Å². The van der Waals surface area contributed by atoms with E-state index in [0.29, 0.717) is 17.8 Å². The maximum Gasteiger partial charge on any atom is 0.339 e. The summed E-state index contributed by atoms with van der Waals surface area (Å²) in [5.74, 6) is 0.304. The second-order valence-electron chi connectivity index (χ2n) is 5.55. The lowest BCUT2D eigenvalue weighted by atomic mass is 10.1. The third kappa shape index (κ3) is 2.22. The molecule has 0 aliphatic heterocycles. The number of nitrogens with zero attached hydrogens (tertiary/aromatic N) is 2. The molecule has 1 N–H and O–H groups in total. The van der Waals surface area contributed by atoms with Gasteiger partial charge in [0, 0.05) is 18.5 Å². The van der Waals surface area contributed by atoms with E-state index in [-0.39, 0.29) is 5.56 Å². The summed E-state index contributed by atoms with van der Waals surface area (Å²) in [7, 11) is 1.94. The molecule has 0 radical (unpaired) electrons. The van der Waals surface area contributed by atoms with Gasteiger partial charge in [0.15, 0.2) is 0 Å². The number of aromatic carboxylic acids is 1. The maximum absolute atomic E-state index is 11.5. The summed E-state index contributed by atoms with van der Waals surface area (Å²) in [6.07, 6.45) is 2.45. The van der Waals surface area contributed by atoms with E-state index in [1.807, 2.05) is 36.2 Å². The van der Waals surface area contributed by atoms with Crippen LogP contribution in [-0.4, -0.2) is 29.1 Å². The van der Waals surface area contributed by atoms with Gasteiger partial charge in [-0.1, -0.05) is 18.2 Å². The van der Waals surface area contributed by atoms with Crippen LogP contribution in [0.3, 0.4) is 0 Å². The maximum atomic E-state index is 11.5. The Kier molecular flexibility index (Phi) is 3.08. The summed E-state index contributed by atoms with van der Waals surface area (Å²) in [4.78, 5) is 18.1. The number of carboxylic acids is 1. The van der Waals surface area contributed by atoms with Crippen molar-refractivity contribution in [3.8, 4) is 0 Å². The van der Waals surface area contributed by atoms with Crippen LogP contribution in [0.1, 0.15) is 30.1 Å². The second kappa shape index (κ2) is 4.78. The predicted molar refractivity (Wildman–Crippen MR) is 79.3 cm³/mol. The molecular formula is C16H18N2O2. The topological polar surface area (TPSA) is 53.4 Å². The summed E-state index contributed by atoms with van der Waals surface area (Å²) < 4.78 is 0. The number of hydrogen-bond donors (Lipinski definition) is 1. The minimum absolute atomic E-state index is 0.277. The first kappa shape index (κ1) is 12.9. The van der Waals surface area contributed by atoms with Crippen LogP contribution in [0.4, 0.5) is 5.82 Å². The highest BCUT2D eigenvalue weighted by molar-refractivity contribution is 5.98. The molecule has 1 saturated carbocycles. The number of aromatic nitrogens is 1. The average Bonchev–Trinajstić information content (AvgIpc) is 3.28. The van der Waals surface area contributed by atoms with Crippen molar-refractivity contribution in [2.75, 3.05) is 11.9 Å². The molecule has 2 aromatic rings. The van der Waals surface area contributed by atoms with Crippen LogP contribution in [0.15, 0.2) is 30.3 Å². The molecule has 0 amide bonds. The molecule has 1 aromatic carbocycles. The Labute approximate surface area is 118 Å². The van der Waals surface area contributed by atoms with Crippen molar-refractivity contribution in [3.05, 3.63) is 35.9 Å². The molecule has 1 heterocycles. The highest BCUT2D eigenvalue weighted by atomic mass is 16.4. The number of pyridine rings is 1. The molecule has 1 atom stereocenters. The predicted octanol–water partition coefficient (Wildman–Crippen LogP) is 3.17. The van der Waals surface area contributed by atoms with Crippen molar-refractivity contribution in [3.63, 3.8) is 0 Å². The zero-order chi connectivity index (χ0) is 14.3. The largest absolute Gasteiger partial charge is 0.478 e. The van der Waals surface area contributed by atoms with Crippen molar-refractivity contribution in [2.24, 2.45) is 5.92 Å². The highest BCUT2D eigenvalue weighted by Crippen LogP contribution is 2.37. The van der Waals surface area contributed by atoms with E-state index in [1.165, 1.54) is 12.8 Å². The highest BCUT2D eigenvalue weighted by Gasteiger charge is 2.32. The SMILES string of the molecule is CC(C1CC1)N(C)c1nc2ccccc2cc1C(=O)O. The van der Waals surface area contributed by atoms with Crippen LogP contribution in [0, 0.1) is 5.92 Å². The van der Waals surface area contributed by atoms with E-state index >= 15 is 0 Å². The smallest absolute Gasteiger partial charge is 0.339 e. The number of anilines is 1. The first-order valence-corrected chi connectivity index (χ1v) is 6.94. The molecule has 104 valence electrons. The minimum atomic E-state index is -0.923. The summed E-state index contributed by atoms with van der Waals surface area (Å²) >= 11 is 0. The van der Waals surface area contributed by atoms with Crippen molar-refractivity contribution >= 4 is 22.7 Å². The van der Waals surface area contributed by atoms with Gasteiger partial charge in [0.2, 0.25) is 0 Å². The molecular weight excluding hydrogens is 252 g/mol. The average molecular weight is 270 g/mol. The number of para-hydroxylation sites is 1. The number of hydrogen-bond acceptors (Lipinski definition) is 3. The normalized spacial score (nSPS) is 16.1. The van der Waals surface area contributed by atoms with Gasteiger partial charge in [0.25, 0.3) is 0 Å². The quantitative estimate of drug-likeness (QED) is 0.927. The molecule has 3 rings (SSSR count). The Balaban J connectivity index is 2.11. The summed E-state index contributed by atoms with van der Waals surface area (Å²) in [5.41, 5.74) is 1.11. The minimum Gasteiger partial charge on any atom is -0.478 e. The molecule has 0 bridgehead atoms. The number of fused-ring (bicyclic) bond motifs is 1. The van der Waals surface area contributed by atoms with Gasteiger partial charge >= 0.3 is 5.97 Å². The molecule has 1 aliphatic rings. The fourth-order valence-corrected chi connectivity index (χ4v) is 2.62. The molecule has 1 aromatic heterocycles. The van der Waals surface area contributed by atoms with Gasteiger partial charge in [-0.05, 0) is 37.8 Å². The lowest BCUT2D eigenvalue weighted by Crippen LogP contribution is -2.32. The van der Waals surface area contributed by atoms with Crippen molar-refractivity contribution in [1.82, 2.24) is 4.98 Å². The number of benzene rings is 1. The fraction of sp³-hybridized carbons (Fsp3) is 0.375. The first-order chi connectivity index (χ1) is 9.58. The van der Waals surface area contributed by atoms with Gasteiger partial charge in [-0.2, -0.15) is 0 Å². The number of rotatable bonds is 4. The third-order valence-electron chi connectivity index (χ3n) is 4.18. The molecule has 4 heteroatoms. The second-order valence-corrected chi connectivity index (χ2v) is 5.55. The van der Waals surface area contributed by atoms with E-state index in [2.05, 4.69) is 11.9 Å². The van der Waals surface area contributed by atoms with E-state index in [4.69, 9.17) is 0 Å². The Morgan fingerprint density at radius 3 is 2.75 bits per heavy atom. The summed E-state index contributed by atoms with van der Waals surface area (Å²) in [6, 6.07) is 9.66. The third-order valence-corrected chi connectivity index (χ3v) is 4.18. The van der Waals surface area contributed by atoms with E-state index in [1.54, 1.807) is 6.07 Å². The van der Waals surface area contributed by atoms with Crippen LogP contribution in [0.5, 0.6) is 0 Å². The monoisotopic (exact) mass is 270 g/mol. The molecule has 4 nitrogen and oxygen atoms in total. The Bertz CT molecular complexity index is 665. The number of carbonyl (C=O) groups is 1. The Morgan fingerprint density at radius 2 is 2.10 bits per heavy atom.